The number of nitrogen functional groups attached to an aromatic ring is 1. The number of hydrogen-bond acceptors (Lipinski definition) is 4. The number of hydrogen-bond donors (Lipinski definition) is 3. The van der Waals surface area contributed by atoms with Gasteiger partial charge in [-0.3, -0.25) is 0 Å². The lowest BCUT2D eigenvalue weighted by molar-refractivity contribution is 0.191. The van der Waals surface area contributed by atoms with Crippen LogP contribution in [0.4, 0.5) is 11.4 Å². The minimum atomic E-state index is -0.576. The first-order valence-corrected chi connectivity index (χ1v) is 6.43. The minimum absolute atomic E-state index is 0.280. The second-order valence-electron chi connectivity index (χ2n) is 4.56. The molecule has 102 valence electrons. The molecule has 0 aromatic heterocycles. The van der Waals surface area contributed by atoms with Crippen molar-refractivity contribution in [2.24, 2.45) is 0 Å². The molecule has 0 fully saturated rings. The van der Waals surface area contributed by atoms with Gasteiger partial charge in [0.1, 0.15) is 0 Å². The summed E-state index contributed by atoms with van der Waals surface area (Å²) in [5.74, 6) is 0. The van der Waals surface area contributed by atoms with E-state index in [1.165, 1.54) is 0 Å². The van der Waals surface area contributed by atoms with Crippen LogP contribution >= 0.6 is 0 Å². The maximum absolute atomic E-state index is 10.1. The van der Waals surface area contributed by atoms with Gasteiger partial charge in [-0.1, -0.05) is 30.3 Å². The van der Waals surface area contributed by atoms with Crippen molar-refractivity contribution in [3.8, 4) is 6.07 Å². The summed E-state index contributed by atoms with van der Waals surface area (Å²) in [7, 11) is 0. The van der Waals surface area contributed by atoms with Crippen LogP contribution in [-0.4, -0.2) is 11.7 Å². The second kappa shape index (κ2) is 6.60. The summed E-state index contributed by atoms with van der Waals surface area (Å²) in [6.45, 7) is 0.403. The largest absolute Gasteiger partial charge is 0.398 e. The number of rotatable bonds is 5. The third kappa shape index (κ3) is 3.50. The fourth-order valence-electron chi connectivity index (χ4n) is 1.96. The monoisotopic (exact) mass is 267 g/mol. The quantitative estimate of drug-likeness (QED) is 0.727. The summed E-state index contributed by atoms with van der Waals surface area (Å²) in [4.78, 5) is 0. The molecule has 0 bridgehead atoms. The molecule has 4 nitrogen and oxygen atoms in total. The van der Waals surface area contributed by atoms with Gasteiger partial charge in [0, 0.05) is 17.9 Å². The van der Waals surface area contributed by atoms with Crippen molar-refractivity contribution >= 4 is 11.4 Å². The van der Waals surface area contributed by atoms with Crippen LogP contribution in [0, 0.1) is 11.3 Å². The maximum atomic E-state index is 10.1. The smallest absolute Gasteiger partial charge is 0.0962 e. The van der Waals surface area contributed by atoms with Crippen LogP contribution in [0.3, 0.4) is 0 Å². The Morgan fingerprint density at radius 2 is 1.95 bits per heavy atom. The third-order valence-electron chi connectivity index (χ3n) is 3.10. The van der Waals surface area contributed by atoms with E-state index >= 15 is 0 Å². The van der Waals surface area contributed by atoms with Crippen LogP contribution in [0.2, 0.25) is 0 Å². The van der Waals surface area contributed by atoms with Gasteiger partial charge in [-0.15, -0.1) is 0 Å². The SMILES string of the molecule is N#CCc1cc(NCC(O)c2ccccc2)ccc1N. The molecule has 0 heterocycles. The first-order valence-electron chi connectivity index (χ1n) is 6.43. The van der Waals surface area contributed by atoms with Crippen LogP contribution in [0.15, 0.2) is 48.5 Å². The molecule has 20 heavy (non-hydrogen) atoms. The number of aliphatic hydroxyl groups excluding tert-OH is 1. The Balaban J connectivity index is 2.01. The molecule has 2 rings (SSSR count). The lowest BCUT2D eigenvalue weighted by Crippen LogP contribution is -2.12. The molecule has 0 aliphatic rings. The van der Waals surface area contributed by atoms with Crippen molar-refractivity contribution in [2.75, 3.05) is 17.6 Å². The summed E-state index contributed by atoms with van der Waals surface area (Å²) >= 11 is 0. The molecular formula is C16H17N3O. The van der Waals surface area contributed by atoms with Crippen LogP contribution in [-0.2, 0) is 6.42 Å². The van der Waals surface area contributed by atoms with E-state index in [-0.39, 0.29) is 6.42 Å². The summed E-state index contributed by atoms with van der Waals surface area (Å²) in [5, 5.41) is 22.0. The van der Waals surface area contributed by atoms with Crippen LogP contribution in [0.5, 0.6) is 0 Å². The average molecular weight is 267 g/mol. The fourth-order valence-corrected chi connectivity index (χ4v) is 1.96. The Morgan fingerprint density at radius 1 is 1.20 bits per heavy atom. The van der Waals surface area contributed by atoms with Gasteiger partial charge in [0.05, 0.1) is 18.6 Å². The van der Waals surface area contributed by atoms with Gasteiger partial charge in [0.2, 0.25) is 0 Å². The van der Waals surface area contributed by atoms with E-state index in [0.717, 1.165) is 16.8 Å². The number of nitrogens with one attached hydrogen (secondary N) is 1. The molecule has 0 spiro atoms. The van der Waals surface area contributed by atoms with E-state index in [9.17, 15) is 5.11 Å². The number of nitrogens with two attached hydrogens (primary N) is 1. The Labute approximate surface area is 118 Å². The van der Waals surface area contributed by atoms with Crippen molar-refractivity contribution in [1.82, 2.24) is 0 Å². The predicted molar refractivity (Wildman–Crippen MR) is 80.1 cm³/mol. The van der Waals surface area contributed by atoms with Gasteiger partial charge in [0.25, 0.3) is 0 Å². The average Bonchev–Trinajstić information content (AvgIpc) is 2.49. The molecule has 0 aliphatic carbocycles. The van der Waals surface area contributed by atoms with Gasteiger partial charge < -0.3 is 16.2 Å². The highest BCUT2D eigenvalue weighted by atomic mass is 16.3. The molecule has 4 N–H and O–H groups in total. The van der Waals surface area contributed by atoms with E-state index in [0.29, 0.717) is 12.2 Å². The lowest BCUT2D eigenvalue weighted by Gasteiger charge is -2.14. The zero-order valence-electron chi connectivity index (χ0n) is 11.1. The van der Waals surface area contributed by atoms with Crippen LogP contribution in [0.25, 0.3) is 0 Å². The van der Waals surface area contributed by atoms with E-state index < -0.39 is 6.10 Å². The number of aliphatic hydroxyl groups is 1. The highest BCUT2D eigenvalue weighted by Crippen LogP contribution is 2.19. The Hall–Kier alpha value is -2.51. The van der Waals surface area contributed by atoms with Crippen LogP contribution in [0.1, 0.15) is 17.2 Å². The normalized spacial score (nSPS) is 11.6. The standard InChI is InChI=1S/C16H17N3O/c17-9-8-13-10-14(6-7-15(13)18)19-11-16(20)12-4-2-1-3-5-12/h1-7,10,16,19-20H,8,11,18H2. The summed E-state index contributed by atoms with van der Waals surface area (Å²) < 4.78 is 0. The summed E-state index contributed by atoms with van der Waals surface area (Å²) in [5.41, 5.74) is 8.92. The third-order valence-corrected chi connectivity index (χ3v) is 3.10. The highest BCUT2D eigenvalue weighted by Gasteiger charge is 2.07. The van der Waals surface area contributed by atoms with Gasteiger partial charge >= 0.3 is 0 Å². The Kier molecular flexibility index (Phi) is 4.59. The van der Waals surface area contributed by atoms with Gasteiger partial charge in [0.15, 0.2) is 0 Å². The molecule has 0 saturated carbocycles. The van der Waals surface area contributed by atoms with Crippen molar-refractivity contribution in [3.63, 3.8) is 0 Å². The van der Waals surface area contributed by atoms with Crippen LogP contribution < -0.4 is 11.1 Å². The Morgan fingerprint density at radius 3 is 2.65 bits per heavy atom. The van der Waals surface area contributed by atoms with E-state index in [1.807, 2.05) is 42.5 Å². The summed E-state index contributed by atoms with van der Waals surface area (Å²) in [6, 6.07) is 17.0. The summed E-state index contributed by atoms with van der Waals surface area (Å²) in [6.07, 6.45) is -0.295. The Bertz CT molecular complexity index is 605. The van der Waals surface area contributed by atoms with Crippen molar-refractivity contribution in [2.45, 2.75) is 12.5 Å². The topological polar surface area (TPSA) is 82.1 Å². The number of nitriles is 1. The zero-order valence-corrected chi connectivity index (χ0v) is 11.1. The number of nitrogens with zero attached hydrogens (tertiary/aromatic N) is 1. The molecule has 0 amide bonds. The first kappa shape index (κ1) is 13.9. The van der Waals surface area contributed by atoms with E-state index in [1.54, 1.807) is 6.07 Å². The molecule has 0 radical (unpaired) electrons. The van der Waals surface area contributed by atoms with E-state index in [2.05, 4.69) is 11.4 Å². The van der Waals surface area contributed by atoms with Gasteiger partial charge in [-0.05, 0) is 29.3 Å². The maximum Gasteiger partial charge on any atom is 0.0962 e. The van der Waals surface area contributed by atoms with E-state index in [4.69, 9.17) is 11.0 Å². The molecule has 0 aliphatic heterocycles. The van der Waals surface area contributed by atoms with Gasteiger partial charge in [-0.25, -0.2) is 0 Å². The molecule has 1 atom stereocenters. The van der Waals surface area contributed by atoms with Crippen molar-refractivity contribution < 1.29 is 5.11 Å². The fraction of sp³-hybridized carbons (Fsp3) is 0.188. The molecule has 1 unspecified atom stereocenters. The molecular weight excluding hydrogens is 250 g/mol. The van der Waals surface area contributed by atoms with Gasteiger partial charge in [-0.2, -0.15) is 5.26 Å². The lowest BCUT2D eigenvalue weighted by atomic mass is 10.1. The molecule has 4 heteroatoms. The second-order valence-corrected chi connectivity index (χ2v) is 4.56. The predicted octanol–water partition coefficient (Wildman–Crippen LogP) is 2.48. The molecule has 2 aromatic rings. The van der Waals surface area contributed by atoms with Crippen molar-refractivity contribution in [1.29, 1.82) is 5.26 Å². The minimum Gasteiger partial charge on any atom is -0.398 e. The highest BCUT2D eigenvalue weighted by molar-refractivity contribution is 5.58. The number of benzene rings is 2. The number of anilines is 2. The molecule has 2 aromatic carbocycles. The van der Waals surface area contributed by atoms with Crippen molar-refractivity contribution in [3.05, 3.63) is 59.7 Å². The molecule has 0 saturated heterocycles. The zero-order chi connectivity index (χ0) is 14.4. The first-order chi connectivity index (χ1) is 9.70.